The van der Waals surface area contributed by atoms with E-state index in [0.717, 1.165) is 13.1 Å². The van der Waals surface area contributed by atoms with Gasteiger partial charge in [-0.1, -0.05) is 6.42 Å². The fourth-order valence-electron chi connectivity index (χ4n) is 1.41. The van der Waals surface area contributed by atoms with Crippen LogP contribution in [0, 0.1) is 0 Å². The Bertz CT molecular complexity index is 130. The van der Waals surface area contributed by atoms with E-state index in [1.54, 1.807) is 7.11 Å². The van der Waals surface area contributed by atoms with Crippen molar-refractivity contribution in [1.29, 1.82) is 0 Å². The van der Waals surface area contributed by atoms with Crippen molar-refractivity contribution >= 4 is 6.21 Å². The highest BCUT2D eigenvalue weighted by atomic mass is 16.5. The summed E-state index contributed by atoms with van der Waals surface area (Å²) in [6.45, 7) is 2.69. The Labute approximate surface area is 74.2 Å². The van der Waals surface area contributed by atoms with Crippen molar-refractivity contribution < 1.29 is 4.74 Å². The lowest BCUT2D eigenvalue weighted by Gasteiger charge is -2.21. The normalized spacial score (nSPS) is 24.9. The first-order chi connectivity index (χ1) is 5.93. The first-order valence-electron chi connectivity index (χ1n) is 4.64. The highest BCUT2D eigenvalue weighted by Gasteiger charge is 2.10. The Morgan fingerprint density at radius 1 is 1.58 bits per heavy atom. The summed E-state index contributed by atoms with van der Waals surface area (Å²) in [5.74, 6) is 0. The van der Waals surface area contributed by atoms with Crippen molar-refractivity contribution in [2.24, 2.45) is 4.99 Å². The molecule has 0 bridgehead atoms. The lowest BCUT2D eigenvalue weighted by atomic mass is 10.1. The zero-order chi connectivity index (χ0) is 8.65. The van der Waals surface area contributed by atoms with Gasteiger partial charge < -0.3 is 10.1 Å². The van der Waals surface area contributed by atoms with Gasteiger partial charge in [-0.25, -0.2) is 0 Å². The van der Waals surface area contributed by atoms with Crippen LogP contribution in [-0.2, 0) is 4.74 Å². The summed E-state index contributed by atoms with van der Waals surface area (Å²) in [6, 6.07) is 0.604. The minimum atomic E-state index is 0.604. The number of hydrogen-bond donors (Lipinski definition) is 1. The predicted octanol–water partition coefficient (Wildman–Crippen LogP) is 0.846. The number of rotatable bonds is 4. The van der Waals surface area contributed by atoms with Crippen molar-refractivity contribution in [3.05, 3.63) is 0 Å². The van der Waals surface area contributed by atoms with Gasteiger partial charge in [0.1, 0.15) is 0 Å². The van der Waals surface area contributed by atoms with Gasteiger partial charge in [-0.05, 0) is 19.4 Å². The predicted molar refractivity (Wildman–Crippen MR) is 50.9 cm³/mol. The fourth-order valence-corrected chi connectivity index (χ4v) is 1.41. The Kier molecular flexibility index (Phi) is 4.95. The Hall–Kier alpha value is -0.410. The molecule has 0 aliphatic carbocycles. The number of ether oxygens (including phenoxy) is 1. The molecule has 12 heavy (non-hydrogen) atoms. The van der Waals surface area contributed by atoms with Crippen LogP contribution >= 0.6 is 0 Å². The van der Waals surface area contributed by atoms with Crippen LogP contribution in [0.2, 0.25) is 0 Å². The highest BCUT2D eigenvalue weighted by Crippen LogP contribution is 2.06. The molecule has 1 aliphatic rings. The van der Waals surface area contributed by atoms with Crippen molar-refractivity contribution in [1.82, 2.24) is 5.32 Å². The van der Waals surface area contributed by atoms with E-state index in [9.17, 15) is 0 Å². The molecule has 1 saturated heterocycles. The van der Waals surface area contributed by atoms with Crippen molar-refractivity contribution in [3.8, 4) is 0 Å². The van der Waals surface area contributed by atoms with Gasteiger partial charge in [0.15, 0.2) is 0 Å². The third-order valence-electron chi connectivity index (χ3n) is 2.11. The lowest BCUT2D eigenvalue weighted by molar-refractivity contribution is 0.248. The summed E-state index contributed by atoms with van der Waals surface area (Å²) in [7, 11) is 1.69. The minimum absolute atomic E-state index is 0.604. The second kappa shape index (κ2) is 6.14. The number of aliphatic imine (C=N–C) groups is 1. The Balaban J connectivity index is 2.04. The molecule has 0 aromatic carbocycles. The highest BCUT2D eigenvalue weighted by molar-refractivity contribution is 5.58. The van der Waals surface area contributed by atoms with Crippen LogP contribution in [-0.4, -0.2) is 39.1 Å². The average Bonchev–Trinajstić information content (AvgIpc) is 2.14. The molecular weight excluding hydrogens is 152 g/mol. The summed E-state index contributed by atoms with van der Waals surface area (Å²) in [5.41, 5.74) is 0. The smallest absolute Gasteiger partial charge is 0.0810 e. The fraction of sp³-hybridized carbons (Fsp3) is 0.889. The van der Waals surface area contributed by atoms with Gasteiger partial charge in [0, 0.05) is 19.4 Å². The third-order valence-corrected chi connectivity index (χ3v) is 2.11. The van der Waals surface area contributed by atoms with Crippen molar-refractivity contribution in [2.45, 2.75) is 25.3 Å². The second-order valence-corrected chi connectivity index (χ2v) is 3.15. The van der Waals surface area contributed by atoms with Crippen molar-refractivity contribution in [2.75, 3.05) is 26.8 Å². The minimum Gasteiger partial charge on any atom is -0.379 e. The van der Waals surface area contributed by atoms with Gasteiger partial charge in [-0.15, -0.1) is 0 Å². The van der Waals surface area contributed by atoms with E-state index in [-0.39, 0.29) is 0 Å². The van der Waals surface area contributed by atoms with Crippen LogP contribution in [0.3, 0.4) is 0 Å². The number of methoxy groups -OCH3 is 1. The zero-order valence-electron chi connectivity index (χ0n) is 7.75. The van der Waals surface area contributed by atoms with Gasteiger partial charge in [0.05, 0.1) is 13.2 Å². The third kappa shape index (κ3) is 3.83. The van der Waals surface area contributed by atoms with Gasteiger partial charge in [0.2, 0.25) is 0 Å². The molecule has 0 spiro atoms. The molecule has 0 saturated carbocycles. The molecule has 1 aliphatic heterocycles. The molecule has 70 valence electrons. The van der Waals surface area contributed by atoms with Crippen LogP contribution < -0.4 is 5.32 Å². The monoisotopic (exact) mass is 170 g/mol. The maximum absolute atomic E-state index is 4.86. The zero-order valence-corrected chi connectivity index (χ0v) is 7.75. The Morgan fingerprint density at radius 3 is 3.17 bits per heavy atom. The van der Waals surface area contributed by atoms with Gasteiger partial charge in [0.25, 0.3) is 0 Å². The molecule has 0 aromatic rings. The Morgan fingerprint density at radius 2 is 2.50 bits per heavy atom. The average molecular weight is 170 g/mol. The lowest BCUT2D eigenvalue weighted by Crippen LogP contribution is -2.36. The van der Waals surface area contributed by atoms with Crippen LogP contribution in [0.5, 0.6) is 0 Å². The quantitative estimate of drug-likeness (QED) is 0.634. The molecule has 1 unspecified atom stereocenters. The molecule has 0 radical (unpaired) electrons. The van der Waals surface area contributed by atoms with E-state index < -0.39 is 0 Å². The van der Waals surface area contributed by atoms with Gasteiger partial charge >= 0.3 is 0 Å². The summed E-state index contributed by atoms with van der Waals surface area (Å²) >= 11 is 0. The summed E-state index contributed by atoms with van der Waals surface area (Å²) < 4.78 is 4.86. The molecule has 3 nitrogen and oxygen atoms in total. The van der Waals surface area contributed by atoms with E-state index in [1.807, 2.05) is 6.21 Å². The molecule has 3 heteroatoms. The van der Waals surface area contributed by atoms with Crippen LogP contribution in [0.1, 0.15) is 19.3 Å². The number of piperidine rings is 1. The number of nitrogens with one attached hydrogen (secondary N) is 1. The molecule has 0 aromatic heterocycles. The molecule has 1 atom stereocenters. The first-order valence-corrected chi connectivity index (χ1v) is 4.64. The van der Waals surface area contributed by atoms with Crippen LogP contribution in [0.15, 0.2) is 4.99 Å². The van der Waals surface area contributed by atoms with E-state index in [1.165, 1.54) is 19.3 Å². The SMILES string of the molecule is COCC=NCC1CCCCN1. The maximum atomic E-state index is 4.86. The molecule has 1 heterocycles. The van der Waals surface area contributed by atoms with E-state index >= 15 is 0 Å². The van der Waals surface area contributed by atoms with Crippen LogP contribution in [0.4, 0.5) is 0 Å². The molecule has 1 rings (SSSR count). The maximum Gasteiger partial charge on any atom is 0.0810 e. The first kappa shape index (κ1) is 9.68. The van der Waals surface area contributed by atoms with E-state index in [2.05, 4.69) is 10.3 Å². The van der Waals surface area contributed by atoms with E-state index in [0.29, 0.717) is 12.6 Å². The van der Waals surface area contributed by atoms with E-state index in [4.69, 9.17) is 4.74 Å². The summed E-state index contributed by atoms with van der Waals surface area (Å²) in [4.78, 5) is 4.27. The van der Waals surface area contributed by atoms with Gasteiger partial charge in [-0.2, -0.15) is 0 Å². The number of nitrogens with zero attached hydrogens (tertiary/aromatic N) is 1. The standard InChI is InChI=1S/C9H18N2O/c1-12-7-6-10-8-9-4-2-3-5-11-9/h6,9,11H,2-5,7-8H2,1H3. The molecule has 1 N–H and O–H groups in total. The van der Waals surface area contributed by atoms with Crippen LogP contribution in [0.25, 0.3) is 0 Å². The van der Waals surface area contributed by atoms with Crippen molar-refractivity contribution in [3.63, 3.8) is 0 Å². The topological polar surface area (TPSA) is 33.6 Å². The second-order valence-electron chi connectivity index (χ2n) is 3.15. The van der Waals surface area contributed by atoms with Gasteiger partial charge in [-0.3, -0.25) is 4.99 Å². The largest absolute Gasteiger partial charge is 0.379 e. The summed E-state index contributed by atoms with van der Waals surface area (Å²) in [5, 5.41) is 3.44. The summed E-state index contributed by atoms with van der Waals surface area (Å²) in [6.07, 6.45) is 5.77. The molecular formula is C9H18N2O. The molecule has 0 amide bonds. The molecule has 1 fully saturated rings. The number of hydrogen-bond acceptors (Lipinski definition) is 3.